The lowest BCUT2D eigenvalue weighted by Crippen LogP contribution is -2.15. The van der Waals surface area contributed by atoms with Gasteiger partial charge < -0.3 is 4.74 Å². The molecule has 0 fully saturated rings. The van der Waals surface area contributed by atoms with Gasteiger partial charge in [-0.15, -0.1) is 0 Å². The Morgan fingerprint density at radius 1 is 1.05 bits per heavy atom. The van der Waals surface area contributed by atoms with E-state index >= 15 is 0 Å². The summed E-state index contributed by atoms with van der Waals surface area (Å²) in [6.45, 7) is 5.99. The lowest BCUT2D eigenvalue weighted by Gasteiger charge is -2.25. The summed E-state index contributed by atoms with van der Waals surface area (Å²) in [5.74, 6) is 0.733. The molecule has 1 aromatic carbocycles. The average molecular weight is 269 g/mol. The van der Waals surface area contributed by atoms with Crippen LogP contribution in [-0.2, 0) is 6.42 Å². The quantitative estimate of drug-likeness (QED) is 0.775. The molecule has 2 aromatic rings. The van der Waals surface area contributed by atoms with Crippen molar-refractivity contribution in [1.82, 2.24) is 4.98 Å². The Kier molecular flexibility index (Phi) is 5.16. The average Bonchev–Trinajstić information content (AvgIpc) is 2.50. The van der Waals surface area contributed by atoms with Crippen LogP contribution in [0, 0.1) is 6.92 Å². The van der Waals surface area contributed by atoms with Crippen LogP contribution >= 0.6 is 0 Å². The highest BCUT2D eigenvalue weighted by molar-refractivity contribution is 5.32. The van der Waals surface area contributed by atoms with Gasteiger partial charge in [-0.3, -0.25) is 0 Å². The molecule has 0 radical (unpaired) electrons. The van der Waals surface area contributed by atoms with E-state index in [0.717, 1.165) is 24.4 Å². The highest BCUT2D eigenvalue weighted by Crippen LogP contribution is 2.32. The molecule has 0 saturated heterocycles. The molecule has 3 rings (SSSR count). The fourth-order valence-electron chi connectivity index (χ4n) is 2.56. The Labute approximate surface area is 121 Å². The molecule has 1 aliphatic rings. The Morgan fingerprint density at radius 2 is 1.85 bits per heavy atom. The first-order valence-electron chi connectivity index (χ1n) is 7.51. The number of hydrogen-bond acceptors (Lipinski definition) is 2. The standard InChI is InChI=1S/C16H17NO.C2H6/c1-12-6-4-11-16(17-12)18-15-10-5-8-13-7-2-3-9-14(13)15;1-2/h2-4,6-7,9,11,15H,5,8,10H2,1H3;1-2H3. The zero-order valence-corrected chi connectivity index (χ0v) is 12.6. The third-order valence-electron chi connectivity index (χ3n) is 3.44. The second-order valence-corrected chi connectivity index (χ2v) is 4.81. The van der Waals surface area contributed by atoms with Gasteiger partial charge in [-0.1, -0.05) is 44.2 Å². The highest BCUT2D eigenvalue weighted by atomic mass is 16.5. The topological polar surface area (TPSA) is 22.1 Å². The monoisotopic (exact) mass is 269 g/mol. The molecule has 1 atom stereocenters. The van der Waals surface area contributed by atoms with Gasteiger partial charge in [0.25, 0.3) is 0 Å². The van der Waals surface area contributed by atoms with E-state index in [1.54, 1.807) is 0 Å². The summed E-state index contributed by atoms with van der Waals surface area (Å²) in [5, 5.41) is 0. The molecule has 0 N–H and O–H groups in total. The smallest absolute Gasteiger partial charge is 0.214 e. The number of aryl methyl sites for hydroxylation is 2. The van der Waals surface area contributed by atoms with E-state index in [0.29, 0.717) is 0 Å². The molecule has 2 heteroatoms. The van der Waals surface area contributed by atoms with E-state index in [4.69, 9.17) is 4.74 Å². The van der Waals surface area contributed by atoms with E-state index in [1.165, 1.54) is 17.5 Å². The predicted molar refractivity (Wildman–Crippen MR) is 83.1 cm³/mol. The maximum Gasteiger partial charge on any atom is 0.214 e. The van der Waals surface area contributed by atoms with Crippen molar-refractivity contribution in [2.45, 2.75) is 46.1 Å². The first kappa shape index (κ1) is 14.6. The van der Waals surface area contributed by atoms with Crippen LogP contribution in [0.2, 0.25) is 0 Å². The maximum atomic E-state index is 6.05. The van der Waals surface area contributed by atoms with E-state index in [-0.39, 0.29) is 6.10 Å². The van der Waals surface area contributed by atoms with Crippen molar-refractivity contribution in [3.8, 4) is 5.88 Å². The van der Waals surface area contributed by atoms with Crippen molar-refractivity contribution in [1.29, 1.82) is 0 Å². The largest absolute Gasteiger partial charge is 0.469 e. The molecule has 106 valence electrons. The fourth-order valence-corrected chi connectivity index (χ4v) is 2.56. The number of ether oxygens (including phenoxy) is 1. The normalized spacial score (nSPS) is 16.6. The minimum atomic E-state index is 0.157. The number of nitrogens with zero attached hydrogens (tertiary/aromatic N) is 1. The molecule has 1 aliphatic carbocycles. The van der Waals surface area contributed by atoms with Crippen LogP contribution in [-0.4, -0.2) is 4.98 Å². The number of fused-ring (bicyclic) bond motifs is 1. The molecule has 1 aromatic heterocycles. The van der Waals surface area contributed by atoms with E-state index in [9.17, 15) is 0 Å². The molecule has 1 heterocycles. The Bertz CT molecular complexity index is 551. The number of aromatic nitrogens is 1. The second-order valence-electron chi connectivity index (χ2n) is 4.81. The van der Waals surface area contributed by atoms with Crippen molar-refractivity contribution in [3.05, 3.63) is 59.3 Å². The molecule has 20 heavy (non-hydrogen) atoms. The summed E-state index contributed by atoms with van der Waals surface area (Å²) in [4.78, 5) is 4.42. The van der Waals surface area contributed by atoms with Crippen molar-refractivity contribution in [3.63, 3.8) is 0 Å². The first-order chi connectivity index (χ1) is 9.83. The lowest BCUT2D eigenvalue weighted by molar-refractivity contribution is 0.175. The molecular weight excluding hydrogens is 246 g/mol. The SMILES string of the molecule is CC.Cc1cccc(OC2CCCc3ccccc32)n1. The van der Waals surface area contributed by atoms with Crippen LogP contribution in [0.15, 0.2) is 42.5 Å². The summed E-state index contributed by atoms with van der Waals surface area (Å²) in [7, 11) is 0. The molecule has 0 spiro atoms. The molecule has 0 saturated carbocycles. The zero-order valence-electron chi connectivity index (χ0n) is 12.6. The highest BCUT2D eigenvalue weighted by Gasteiger charge is 2.21. The minimum Gasteiger partial charge on any atom is -0.469 e. The van der Waals surface area contributed by atoms with Crippen LogP contribution in [0.25, 0.3) is 0 Å². The molecule has 0 amide bonds. The van der Waals surface area contributed by atoms with Gasteiger partial charge in [0.1, 0.15) is 6.10 Å². The maximum absolute atomic E-state index is 6.05. The number of benzene rings is 1. The Morgan fingerprint density at radius 3 is 2.65 bits per heavy atom. The summed E-state index contributed by atoms with van der Waals surface area (Å²) in [5.41, 5.74) is 3.74. The van der Waals surface area contributed by atoms with Gasteiger partial charge in [0, 0.05) is 11.8 Å². The van der Waals surface area contributed by atoms with Crippen LogP contribution in [0.1, 0.15) is 49.6 Å². The third-order valence-corrected chi connectivity index (χ3v) is 3.44. The first-order valence-corrected chi connectivity index (χ1v) is 7.51. The molecule has 2 nitrogen and oxygen atoms in total. The summed E-state index contributed by atoms with van der Waals surface area (Å²) in [6.07, 6.45) is 3.58. The van der Waals surface area contributed by atoms with Crippen molar-refractivity contribution in [2.75, 3.05) is 0 Å². The van der Waals surface area contributed by atoms with Gasteiger partial charge in [0.2, 0.25) is 5.88 Å². The van der Waals surface area contributed by atoms with E-state index < -0.39 is 0 Å². The number of hydrogen-bond donors (Lipinski definition) is 0. The summed E-state index contributed by atoms with van der Waals surface area (Å²) >= 11 is 0. The molecule has 0 bridgehead atoms. The zero-order chi connectivity index (χ0) is 14.4. The van der Waals surface area contributed by atoms with E-state index in [2.05, 4.69) is 29.2 Å². The predicted octanol–water partition coefficient (Wildman–Crippen LogP) is 4.87. The summed E-state index contributed by atoms with van der Waals surface area (Å²) in [6, 6.07) is 14.5. The second kappa shape index (κ2) is 7.09. The van der Waals surface area contributed by atoms with Crippen LogP contribution in [0.3, 0.4) is 0 Å². The fraction of sp³-hybridized carbons (Fsp3) is 0.389. The Hall–Kier alpha value is -1.83. The van der Waals surface area contributed by atoms with Gasteiger partial charge in [-0.2, -0.15) is 0 Å². The third kappa shape index (κ3) is 3.38. The molecular formula is C18H23NO. The Balaban J connectivity index is 0.000000704. The van der Waals surface area contributed by atoms with Gasteiger partial charge in [-0.25, -0.2) is 4.98 Å². The molecule has 1 unspecified atom stereocenters. The van der Waals surface area contributed by atoms with Crippen molar-refractivity contribution in [2.24, 2.45) is 0 Å². The van der Waals surface area contributed by atoms with Crippen LogP contribution < -0.4 is 4.74 Å². The molecule has 0 aliphatic heterocycles. The van der Waals surface area contributed by atoms with Crippen molar-refractivity contribution < 1.29 is 4.74 Å². The van der Waals surface area contributed by atoms with Crippen molar-refractivity contribution >= 4 is 0 Å². The van der Waals surface area contributed by atoms with Gasteiger partial charge in [0.15, 0.2) is 0 Å². The number of pyridine rings is 1. The van der Waals surface area contributed by atoms with Gasteiger partial charge in [0.05, 0.1) is 0 Å². The van der Waals surface area contributed by atoms with E-state index in [1.807, 2.05) is 39.0 Å². The lowest BCUT2D eigenvalue weighted by atomic mass is 9.89. The van der Waals surface area contributed by atoms with Gasteiger partial charge >= 0.3 is 0 Å². The minimum absolute atomic E-state index is 0.157. The van der Waals surface area contributed by atoms with Crippen LogP contribution in [0.4, 0.5) is 0 Å². The summed E-state index contributed by atoms with van der Waals surface area (Å²) < 4.78 is 6.05. The number of rotatable bonds is 2. The van der Waals surface area contributed by atoms with Crippen LogP contribution in [0.5, 0.6) is 5.88 Å². The van der Waals surface area contributed by atoms with Gasteiger partial charge in [-0.05, 0) is 43.4 Å².